The molecule has 1 aliphatic carbocycles. The van der Waals surface area contributed by atoms with Crippen LogP contribution in [0.5, 0.6) is 5.75 Å². The van der Waals surface area contributed by atoms with E-state index in [1.165, 1.54) is 24.9 Å². The number of alkyl halides is 3. The summed E-state index contributed by atoms with van der Waals surface area (Å²) < 4.78 is 45.1. The van der Waals surface area contributed by atoms with Crippen molar-refractivity contribution >= 4 is 28.4 Å². The number of ether oxygens (including phenoxy) is 1. The maximum absolute atomic E-state index is 13.3. The molecule has 1 amide bonds. The molecular weight excluding hydrogens is 415 g/mol. The Morgan fingerprint density at radius 2 is 2.13 bits per heavy atom. The minimum absolute atomic E-state index is 0.156. The molecule has 5 nitrogen and oxygen atoms in total. The van der Waals surface area contributed by atoms with Gasteiger partial charge in [0, 0.05) is 11.1 Å². The molecule has 0 spiro atoms. The predicted octanol–water partition coefficient (Wildman–Crippen LogP) is 4.91. The third kappa shape index (κ3) is 5.00. The summed E-state index contributed by atoms with van der Waals surface area (Å²) in [4.78, 5) is 13.0. The van der Waals surface area contributed by atoms with Crippen LogP contribution in [0, 0.1) is 5.92 Å². The molecule has 1 aliphatic heterocycles. The first-order valence-electron chi connectivity index (χ1n) is 9.71. The monoisotopic (exact) mass is 439 g/mol. The maximum Gasteiger partial charge on any atom is 0.416 e. The van der Waals surface area contributed by atoms with Gasteiger partial charge in [-0.1, -0.05) is 30.8 Å². The van der Waals surface area contributed by atoms with Crippen LogP contribution in [-0.2, 0) is 11.0 Å². The number of hydrogen-bond donors (Lipinski definition) is 2. The van der Waals surface area contributed by atoms with Crippen LogP contribution in [0.2, 0.25) is 0 Å². The van der Waals surface area contributed by atoms with Crippen LogP contribution in [0.4, 0.5) is 13.2 Å². The molecule has 1 aromatic carbocycles. The first-order chi connectivity index (χ1) is 14.3. The number of amides is 1. The Bertz CT molecular complexity index is 905. The second-order valence-corrected chi connectivity index (χ2v) is 8.16. The molecule has 1 fully saturated rings. The summed E-state index contributed by atoms with van der Waals surface area (Å²) >= 11 is 1.46. The Hall–Kier alpha value is -2.42. The number of rotatable bonds is 6. The third-order valence-corrected chi connectivity index (χ3v) is 6.07. The Labute approximate surface area is 177 Å². The number of nitrogens with zero attached hydrogens (tertiary/aromatic N) is 1. The Morgan fingerprint density at radius 1 is 1.40 bits per heavy atom. The third-order valence-electron chi connectivity index (χ3n) is 4.91. The van der Waals surface area contributed by atoms with E-state index in [0.29, 0.717) is 23.1 Å². The van der Waals surface area contributed by atoms with E-state index in [1.54, 1.807) is 26.0 Å². The van der Waals surface area contributed by atoms with Crippen molar-refractivity contribution in [3.05, 3.63) is 47.1 Å². The van der Waals surface area contributed by atoms with E-state index < -0.39 is 17.6 Å². The minimum atomic E-state index is -4.50. The summed E-state index contributed by atoms with van der Waals surface area (Å²) in [6, 6.07) is 3.28. The molecule has 1 saturated carbocycles. The van der Waals surface area contributed by atoms with Crippen LogP contribution in [0.3, 0.4) is 0 Å². The number of carbonyl (C=O) groups excluding carboxylic acids is 1. The molecule has 0 radical (unpaired) electrons. The zero-order valence-corrected chi connectivity index (χ0v) is 17.8. The minimum Gasteiger partial charge on any atom is -0.496 e. The van der Waals surface area contributed by atoms with Crippen molar-refractivity contribution in [3.63, 3.8) is 0 Å². The lowest BCUT2D eigenvalue weighted by atomic mass is 9.94. The van der Waals surface area contributed by atoms with Gasteiger partial charge < -0.3 is 4.74 Å². The summed E-state index contributed by atoms with van der Waals surface area (Å²) in [5.74, 6) is 0.408. The molecule has 162 valence electrons. The molecule has 1 atom stereocenters. The SMILES string of the molecule is C/C=C\C(C(=O)NC1=NNC(C2CC2)S1)=C(/CC)c1cc(C(F)(F)F)ccc1OC. The fraction of sp³-hybridized carbons (Fsp3) is 0.429. The molecule has 0 bridgehead atoms. The van der Waals surface area contributed by atoms with Gasteiger partial charge in [-0.2, -0.15) is 18.3 Å². The van der Waals surface area contributed by atoms with Crippen LogP contribution in [-0.4, -0.2) is 23.6 Å². The van der Waals surface area contributed by atoms with Gasteiger partial charge in [0.05, 0.1) is 18.0 Å². The largest absolute Gasteiger partial charge is 0.496 e. The quantitative estimate of drug-likeness (QED) is 0.488. The molecule has 1 heterocycles. The van der Waals surface area contributed by atoms with Crippen LogP contribution < -0.4 is 15.5 Å². The number of hydrogen-bond acceptors (Lipinski definition) is 5. The number of carbonyl (C=O) groups is 1. The normalized spacial score (nSPS) is 19.9. The number of thioether (sulfide) groups is 1. The number of allylic oxidation sites excluding steroid dienone is 2. The number of nitrogens with one attached hydrogen (secondary N) is 2. The average molecular weight is 440 g/mol. The zero-order valence-electron chi connectivity index (χ0n) is 17.0. The summed E-state index contributed by atoms with van der Waals surface area (Å²) in [5, 5.41) is 7.58. The summed E-state index contributed by atoms with van der Waals surface area (Å²) in [6.07, 6.45) is 1.40. The van der Waals surface area contributed by atoms with E-state index in [1.807, 2.05) is 0 Å². The van der Waals surface area contributed by atoms with Gasteiger partial charge in [-0.15, -0.1) is 0 Å². The van der Waals surface area contributed by atoms with Crippen LogP contribution in [0.25, 0.3) is 5.57 Å². The second kappa shape index (κ2) is 9.16. The summed E-state index contributed by atoms with van der Waals surface area (Å²) in [6.45, 7) is 3.54. The molecule has 1 unspecified atom stereocenters. The highest BCUT2D eigenvalue weighted by Gasteiger charge is 2.36. The molecule has 9 heteroatoms. The van der Waals surface area contributed by atoms with Gasteiger partial charge >= 0.3 is 6.18 Å². The Kier molecular flexibility index (Phi) is 6.80. The number of amidine groups is 1. The van der Waals surface area contributed by atoms with Crippen molar-refractivity contribution in [2.24, 2.45) is 11.0 Å². The molecule has 0 saturated heterocycles. The van der Waals surface area contributed by atoms with Gasteiger partial charge in [0.2, 0.25) is 0 Å². The summed E-state index contributed by atoms with van der Waals surface area (Å²) in [7, 11) is 1.39. The standard InChI is InChI=1S/C21H24F3N3O2S/c1-4-6-15(18(28)25-20-27-26-19(30-20)12-7-8-12)14(5-2)16-11-13(21(22,23)24)9-10-17(16)29-3/h4,6,9-12,19,26H,5,7-8H2,1-3H3,(H,25,27,28)/b6-4-,15-14-. The highest BCUT2D eigenvalue weighted by Crippen LogP contribution is 2.40. The van der Waals surface area contributed by atoms with E-state index >= 15 is 0 Å². The lowest BCUT2D eigenvalue weighted by Crippen LogP contribution is -2.29. The number of halogens is 3. The fourth-order valence-electron chi connectivity index (χ4n) is 3.24. The lowest BCUT2D eigenvalue weighted by molar-refractivity contribution is -0.137. The van der Waals surface area contributed by atoms with E-state index in [2.05, 4.69) is 15.8 Å². The zero-order chi connectivity index (χ0) is 21.9. The maximum atomic E-state index is 13.3. The van der Waals surface area contributed by atoms with E-state index in [9.17, 15) is 18.0 Å². The first kappa shape index (κ1) is 22.3. The van der Waals surface area contributed by atoms with Gasteiger partial charge in [0.25, 0.3) is 5.91 Å². The molecule has 1 aromatic rings. The van der Waals surface area contributed by atoms with Crippen molar-refractivity contribution in [1.82, 2.24) is 10.7 Å². The Morgan fingerprint density at radius 3 is 2.70 bits per heavy atom. The molecule has 0 aromatic heterocycles. The van der Waals surface area contributed by atoms with Gasteiger partial charge in [-0.3, -0.25) is 15.5 Å². The molecule has 30 heavy (non-hydrogen) atoms. The lowest BCUT2D eigenvalue weighted by Gasteiger charge is -2.17. The Balaban J connectivity index is 1.96. The van der Waals surface area contributed by atoms with Crippen molar-refractivity contribution < 1.29 is 22.7 Å². The smallest absolute Gasteiger partial charge is 0.416 e. The first-order valence-corrected chi connectivity index (χ1v) is 10.6. The second-order valence-electron chi connectivity index (χ2n) is 7.03. The highest BCUT2D eigenvalue weighted by molar-refractivity contribution is 8.14. The van der Waals surface area contributed by atoms with Crippen molar-refractivity contribution in [1.29, 1.82) is 0 Å². The van der Waals surface area contributed by atoms with E-state index in [-0.39, 0.29) is 22.3 Å². The topological polar surface area (TPSA) is 62.7 Å². The predicted molar refractivity (Wildman–Crippen MR) is 113 cm³/mol. The van der Waals surface area contributed by atoms with Crippen LogP contribution >= 0.6 is 11.8 Å². The molecule has 2 aliphatic rings. The molecular formula is C21H24F3N3O2S. The molecule has 3 rings (SSSR count). The van der Waals surface area contributed by atoms with E-state index in [4.69, 9.17) is 4.74 Å². The highest BCUT2D eigenvalue weighted by atomic mass is 32.2. The van der Waals surface area contributed by atoms with Gasteiger partial charge in [0.1, 0.15) is 5.75 Å². The van der Waals surface area contributed by atoms with Gasteiger partial charge in [-0.05, 0) is 55.9 Å². The van der Waals surface area contributed by atoms with Crippen molar-refractivity contribution in [2.45, 2.75) is 44.7 Å². The average Bonchev–Trinajstić information content (AvgIpc) is 3.46. The van der Waals surface area contributed by atoms with Gasteiger partial charge in [-0.25, -0.2) is 0 Å². The van der Waals surface area contributed by atoms with Crippen molar-refractivity contribution in [3.8, 4) is 5.75 Å². The summed E-state index contributed by atoms with van der Waals surface area (Å²) in [5.41, 5.74) is 3.20. The molecule has 2 N–H and O–H groups in total. The van der Waals surface area contributed by atoms with Crippen LogP contribution in [0.15, 0.2) is 41.0 Å². The van der Waals surface area contributed by atoms with E-state index in [0.717, 1.165) is 25.0 Å². The van der Waals surface area contributed by atoms with Crippen LogP contribution in [0.1, 0.15) is 44.2 Å². The number of methoxy groups -OCH3 is 1. The van der Waals surface area contributed by atoms with Gasteiger partial charge in [0.15, 0.2) is 5.17 Å². The fourth-order valence-corrected chi connectivity index (χ4v) is 4.31. The number of benzene rings is 1. The number of hydrazone groups is 1. The van der Waals surface area contributed by atoms with Crippen molar-refractivity contribution in [2.75, 3.05) is 7.11 Å².